The number of hydrogen-bond acceptors (Lipinski definition) is 8. The van der Waals surface area contributed by atoms with Gasteiger partial charge in [-0.05, 0) is 63.3 Å². The van der Waals surface area contributed by atoms with Crippen LogP contribution in [0, 0.1) is 0 Å². The fourth-order valence-corrected chi connectivity index (χ4v) is 6.45. The highest BCUT2D eigenvalue weighted by molar-refractivity contribution is 6.36. The predicted octanol–water partition coefficient (Wildman–Crippen LogP) is 4.81. The summed E-state index contributed by atoms with van der Waals surface area (Å²) >= 11 is 6.62. The van der Waals surface area contributed by atoms with E-state index in [0.29, 0.717) is 32.3 Å². The van der Waals surface area contributed by atoms with Crippen molar-refractivity contribution in [1.82, 2.24) is 19.8 Å². The van der Waals surface area contributed by atoms with E-state index in [4.69, 9.17) is 31.0 Å². The summed E-state index contributed by atoms with van der Waals surface area (Å²) in [6, 6.07) is 12.8. The van der Waals surface area contributed by atoms with Crippen molar-refractivity contribution in [1.29, 1.82) is 0 Å². The fourth-order valence-electron chi connectivity index (χ4n) is 6.17. The fraction of sp³-hybridized carbons (Fsp3) is 0.485. The summed E-state index contributed by atoms with van der Waals surface area (Å²) in [6.07, 6.45) is 7.85. The number of nitrogens with zero attached hydrogens (tertiary/aromatic N) is 6. The molecule has 0 N–H and O–H groups in total. The lowest BCUT2D eigenvalue weighted by Crippen LogP contribution is -2.39. The number of ether oxygens (including phenoxy) is 2. The first-order valence-electron chi connectivity index (χ1n) is 15.1. The Kier molecular flexibility index (Phi) is 10.4. The Bertz CT molecular complexity index is 1440. The van der Waals surface area contributed by atoms with E-state index in [9.17, 15) is 4.79 Å². The first kappa shape index (κ1) is 31.0. The van der Waals surface area contributed by atoms with Gasteiger partial charge in [0.15, 0.2) is 0 Å². The van der Waals surface area contributed by atoms with E-state index in [2.05, 4.69) is 53.1 Å². The molecule has 2 fully saturated rings. The van der Waals surface area contributed by atoms with Crippen LogP contribution >= 0.6 is 11.6 Å². The van der Waals surface area contributed by atoms with Crippen LogP contribution in [0.4, 0.5) is 11.5 Å². The molecule has 2 saturated heterocycles. The summed E-state index contributed by atoms with van der Waals surface area (Å²) in [6.45, 7) is 5.89. The summed E-state index contributed by atoms with van der Waals surface area (Å²) < 4.78 is 10.5. The Labute approximate surface area is 260 Å². The van der Waals surface area contributed by atoms with Crippen LogP contribution in [-0.2, 0) is 22.5 Å². The van der Waals surface area contributed by atoms with Crippen LogP contribution < -0.4 is 14.5 Å². The van der Waals surface area contributed by atoms with Gasteiger partial charge in [0.25, 0.3) is 0 Å². The van der Waals surface area contributed by atoms with E-state index in [-0.39, 0.29) is 11.9 Å². The van der Waals surface area contributed by atoms with Crippen LogP contribution in [0.2, 0.25) is 5.02 Å². The Morgan fingerprint density at radius 1 is 1.09 bits per heavy atom. The molecule has 3 aromatic rings. The van der Waals surface area contributed by atoms with E-state index >= 15 is 0 Å². The number of likely N-dealkylation sites (N-methyl/N-ethyl adjacent to an activating group) is 1. The summed E-state index contributed by atoms with van der Waals surface area (Å²) in [7, 11) is 7.44. The minimum absolute atomic E-state index is 0.0136. The van der Waals surface area contributed by atoms with E-state index in [1.165, 1.54) is 25.9 Å². The molecule has 0 radical (unpaired) electrons. The highest BCUT2D eigenvalue weighted by Crippen LogP contribution is 2.37. The number of carbonyl (C=O) groups is 1. The molecule has 10 heteroatoms. The monoisotopic (exact) mass is 606 g/mol. The topological polar surface area (TPSA) is 74.3 Å². The van der Waals surface area contributed by atoms with Gasteiger partial charge in [-0.25, -0.2) is 0 Å². The molecular formula is C33H43ClN6O3. The van der Waals surface area contributed by atoms with Crippen LogP contribution in [-0.4, -0.2) is 99.4 Å². The van der Waals surface area contributed by atoms with Crippen molar-refractivity contribution in [2.75, 3.05) is 77.4 Å². The van der Waals surface area contributed by atoms with Crippen molar-refractivity contribution >= 4 is 39.8 Å². The molecule has 0 aliphatic carbocycles. The Morgan fingerprint density at radius 3 is 2.56 bits per heavy atom. The van der Waals surface area contributed by atoms with Gasteiger partial charge < -0.3 is 29.1 Å². The molecule has 0 saturated carbocycles. The number of anilines is 2. The number of hydrogen-bond donors (Lipinski definition) is 0. The van der Waals surface area contributed by atoms with Gasteiger partial charge in [-0.15, -0.1) is 0 Å². The van der Waals surface area contributed by atoms with Gasteiger partial charge >= 0.3 is 6.01 Å². The minimum Gasteiger partial charge on any atom is -0.467 e. The summed E-state index contributed by atoms with van der Waals surface area (Å²) in [5.74, 6) is 0.895. The number of fused-ring (bicyclic) bond motifs is 2. The number of likely N-dealkylation sites (tertiary alicyclic amines) is 2. The highest BCUT2D eigenvalue weighted by Gasteiger charge is 2.32. The molecular weight excluding hydrogens is 564 g/mol. The maximum absolute atomic E-state index is 12.6. The van der Waals surface area contributed by atoms with Gasteiger partial charge in [0.1, 0.15) is 5.82 Å². The molecule has 0 spiro atoms. The van der Waals surface area contributed by atoms with Crippen molar-refractivity contribution in [3.05, 3.63) is 64.8 Å². The average molecular weight is 607 g/mol. The normalized spacial score (nSPS) is 18.6. The summed E-state index contributed by atoms with van der Waals surface area (Å²) in [5.41, 5.74) is 3.20. The third kappa shape index (κ3) is 7.22. The number of amides is 1. The zero-order valence-corrected chi connectivity index (χ0v) is 26.5. The van der Waals surface area contributed by atoms with Crippen LogP contribution in [0.15, 0.2) is 48.6 Å². The molecule has 230 valence electrons. The zero-order chi connectivity index (χ0) is 30.3. The molecule has 2 aromatic carbocycles. The third-order valence-electron chi connectivity index (χ3n) is 8.59. The standard InChI is InChI=1S/C28H32ClN5O3.C5H11N/c1-32(20-12-14-34(17-20)25(35)11-6-16-36-2)27-21-13-15-33(18-23(21)30-28(31-27)37-3)24-10-5-8-19-7-4-9-22(29)26(19)24;1-6-4-2-3-5-6/h4-11,20H,12-18H2,1-3H3;2-5H2,1H3/b11-6+;. The van der Waals surface area contributed by atoms with Crippen molar-refractivity contribution in [3.63, 3.8) is 0 Å². The van der Waals surface area contributed by atoms with Crippen molar-refractivity contribution in [2.24, 2.45) is 0 Å². The molecule has 1 amide bonds. The second-order valence-corrected chi connectivity index (χ2v) is 11.9. The lowest BCUT2D eigenvalue weighted by molar-refractivity contribution is -0.125. The largest absolute Gasteiger partial charge is 0.467 e. The smallest absolute Gasteiger partial charge is 0.318 e. The quantitative estimate of drug-likeness (QED) is 0.355. The minimum atomic E-state index is 0.0136. The highest BCUT2D eigenvalue weighted by atomic mass is 35.5. The predicted molar refractivity (Wildman–Crippen MR) is 173 cm³/mol. The maximum Gasteiger partial charge on any atom is 0.318 e. The number of methoxy groups -OCH3 is 2. The van der Waals surface area contributed by atoms with Gasteiger partial charge in [0, 0.05) is 62.5 Å². The Balaban J connectivity index is 0.000000548. The number of carbonyl (C=O) groups excluding carboxylic acids is 1. The van der Waals surface area contributed by atoms with Crippen LogP contribution in [0.5, 0.6) is 6.01 Å². The number of rotatable bonds is 7. The van der Waals surface area contributed by atoms with Gasteiger partial charge in [0.2, 0.25) is 5.91 Å². The Morgan fingerprint density at radius 2 is 1.86 bits per heavy atom. The summed E-state index contributed by atoms with van der Waals surface area (Å²) in [4.78, 5) is 30.8. The molecule has 3 aliphatic heterocycles. The molecule has 3 aliphatic rings. The van der Waals surface area contributed by atoms with E-state index in [1.54, 1.807) is 26.4 Å². The molecule has 4 heterocycles. The third-order valence-corrected chi connectivity index (χ3v) is 8.90. The second-order valence-electron chi connectivity index (χ2n) is 11.5. The van der Waals surface area contributed by atoms with Crippen LogP contribution in [0.1, 0.15) is 30.5 Å². The van der Waals surface area contributed by atoms with E-state index < -0.39 is 0 Å². The number of aromatic nitrogens is 2. The Hall–Kier alpha value is -3.40. The molecule has 1 aromatic heterocycles. The van der Waals surface area contributed by atoms with Gasteiger partial charge in [-0.1, -0.05) is 41.9 Å². The molecule has 0 bridgehead atoms. The first-order valence-corrected chi connectivity index (χ1v) is 15.5. The lowest BCUT2D eigenvalue weighted by atomic mass is 10.0. The first-order chi connectivity index (χ1) is 20.9. The number of halogens is 1. The van der Waals surface area contributed by atoms with Gasteiger partial charge in [0.05, 0.1) is 31.0 Å². The molecule has 9 nitrogen and oxygen atoms in total. The lowest BCUT2D eigenvalue weighted by Gasteiger charge is -2.34. The molecule has 6 rings (SSSR count). The zero-order valence-electron chi connectivity index (χ0n) is 25.8. The van der Waals surface area contributed by atoms with Gasteiger partial charge in [-0.2, -0.15) is 9.97 Å². The van der Waals surface area contributed by atoms with Crippen LogP contribution in [0.3, 0.4) is 0 Å². The molecule has 1 unspecified atom stereocenters. The van der Waals surface area contributed by atoms with Gasteiger partial charge in [-0.3, -0.25) is 4.79 Å². The molecule has 1 atom stereocenters. The van der Waals surface area contributed by atoms with E-state index in [1.807, 2.05) is 17.0 Å². The maximum atomic E-state index is 12.6. The van der Waals surface area contributed by atoms with Crippen LogP contribution in [0.25, 0.3) is 10.8 Å². The molecule has 43 heavy (non-hydrogen) atoms. The van der Waals surface area contributed by atoms with E-state index in [0.717, 1.165) is 57.9 Å². The second kappa shape index (κ2) is 14.4. The average Bonchev–Trinajstić information content (AvgIpc) is 3.72. The number of benzene rings is 2. The summed E-state index contributed by atoms with van der Waals surface area (Å²) in [5, 5.41) is 2.93. The van der Waals surface area contributed by atoms with Crippen molar-refractivity contribution in [2.45, 2.75) is 38.3 Å². The van der Waals surface area contributed by atoms with Crippen molar-refractivity contribution in [3.8, 4) is 6.01 Å². The van der Waals surface area contributed by atoms with Crippen molar-refractivity contribution < 1.29 is 14.3 Å². The SMILES string of the molecule is CN1CCCC1.COC/C=C/C(=O)N1CCC(N(C)c2nc(OC)nc3c2CCN(c2cccc4cccc(Cl)c24)C3)C1.